The van der Waals surface area contributed by atoms with E-state index in [0.717, 1.165) is 19.4 Å². The molecule has 0 amide bonds. The summed E-state index contributed by atoms with van der Waals surface area (Å²) in [5.74, 6) is 0. The zero-order chi connectivity index (χ0) is 14.5. The highest BCUT2D eigenvalue weighted by Gasteiger charge is 2.32. The monoisotopic (exact) mass is 267 g/mol. The lowest BCUT2D eigenvalue weighted by atomic mass is 9.82. The predicted octanol–water partition coefficient (Wildman–Crippen LogP) is 2.39. The number of rotatable bonds is 7. The highest BCUT2D eigenvalue weighted by atomic mass is 16.5. The van der Waals surface area contributed by atoms with Gasteiger partial charge in [0, 0.05) is 26.4 Å². The molecule has 1 rings (SSSR count). The third-order valence-corrected chi connectivity index (χ3v) is 3.34. The summed E-state index contributed by atoms with van der Waals surface area (Å²) in [7, 11) is 3.76. The van der Waals surface area contributed by atoms with Crippen LogP contribution in [0.3, 0.4) is 0 Å². The van der Waals surface area contributed by atoms with E-state index in [1.807, 2.05) is 17.9 Å². The minimum Gasteiger partial charge on any atom is -0.379 e. The normalized spacial score (nSPS) is 15.5. The zero-order valence-electron chi connectivity index (χ0n) is 13.2. The Labute approximate surface area is 117 Å². The molecule has 0 saturated heterocycles. The lowest BCUT2D eigenvalue weighted by Gasteiger charge is -2.36. The molecule has 0 spiro atoms. The van der Waals surface area contributed by atoms with E-state index in [0.29, 0.717) is 6.04 Å². The third kappa shape index (κ3) is 4.96. The van der Waals surface area contributed by atoms with Crippen LogP contribution in [-0.4, -0.2) is 35.6 Å². The van der Waals surface area contributed by atoms with Crippen LogP contribution in [0.1, 0.15) is 39.7 Å². The molecular formula is C15H29N3O. The number of ether oxygens (including phenoxy) is 1. The maximum absolute atomic E-state index is 5.76. The first kappa shape index (κ1) is 16.2. The number of nitrogens with zero attached hydrogens (tertiary/aromatic N) is 2. The predicted molar refractivity (Wildman–Crippen MR) is 79.2 cm³/mol. The molecule has 0 bridgehead atoms. The van der Waals surface area contributed by atoms with Crippen LogP contribution in [0, 0.1) is 5.41 Å². The van der Waals surface area contributed by atoms with Gasteiger partial charge in [-0.05, 0) is 30.4 Å². The van der Waals surface area contributed by atoms with Crippen LogP contribution in [0.4, 0.5) is 0 Å². The van der Waals surface area contributed by atoms with Crippen molar-refractivity contribution in [1.29, 1.82) is 0 Å². The van der Waals surface area contributed by atoms with Gasteiger partial charge in [0.25, 0.3) is 0 Å². The number of hydrogen-bond donors (Lipinski definition) is 1. The molecule has 0 aliphatic carbocycles. The zero-order valence-corrected chi connectivity index (χ0v) is 13.2. The van der Waals surface area contributed by atoms with E-state index in [1.165, 1.54) is 5.56 Å². The van der Waals surface area contributed by atoms with E-state index in [4.69, 9.17) is 4.74 Å². The number of hydrogen-bond acceptors (Lipinski definition) is 3. The summed E-state index contributed by atoms with van der Waals surface area (Å²) in [5.41, 5.74) is 1.37. The average molecular weight is 267 g/mol. The summed E-state index contributed by atoms with van der Waals surface area (Å²) in [4.78, 5) is 0. The first-order chi connectivity index (χ1) is 8.88. The molecule has 19 heavy (non-hydrogen) atoms. The van der Waals surface area contributed by atoms with Crippen molar-refractivity contribution in [1.82, 2.24) is 15.1 Å². The fourth-order valence-electron chi connectivity index (χ4n) is 2.57. The first-order valence-corrected chi connectivity index (χ1v) is 7.12. The molecule has 2 unspecified atom stereocenters. The van der Waals surface area contributed by atoms with Gasteiger partial charge in [0.05, 0.1) is 12.3 Å². The second-order valence-electron chi connectivity index (χ2n) is 6.31. The summed E-state index contributed by atoms with van der Waals surface area (Å²) in [6.07, 6.45) is 6.28. The van der Waals surface area contributed by atoms with E-state index in [1.54, 1.807) is 7.11 Å². The lowest BCUT2D eigenvalue weighted by molar-refractivity contribution is -0.0109. The van der Waals surface area contributed by atoms with Crippen molar-refractivity contribution in [2.45, 2.75) is 52.7 Å². The van der Waals surface area contributed by atoms with Crippen LogP contribution in [0.5, 0.6) is 0 Å². The molecule has 0 radical (unpaired) electrons. The second-order valence-corrected chi connectivity index (χ2v) is 6.31. The molecule has 0 fully saturated rings. The summed E-state index contributed by atoms with van der Waals surface area (Å²) < 4.78 is 7.62. The van der Waals surface area contributed by atoms with Crippen molar-refractivity contribution < 1.29 is 4.74 Å². The molecule has 4 nitrogen and oxygen atoms in total. The number of aromatic nitrogens is 2. The molecule has 0 saturated carbocycles. The summed E-state index contributed by atoms with van der Waals surface area (Å²) in [6, 6.07) is 0.314. The molecule has 1 aromatic heterocycles. The molecule has 1 N–H and O–H groups in total. The molecule has 1 heterocycles. The van der Waals surface area contributed by atoms with E-state index in [-0.39, 0.29) is 11.5 Å². The van der Waals surface area contributed by atoms with Gasteiger partial charge in [0.15, 0.2) is 0 Å². The van der Waals surface area contributed by atoms with Crippen LogP contribution in [-0.2, 0) is 18.2 Å². The van der Waals surface area contributed by atoms with Crippen LogP contribution in [0.15, 0.2) is 12.4 Å². The van der Waals surface area contributed by atoms with Crippen molar-refractivity contribution in [3.63, 3.8) is 0 Å². The van der Waals surface area contributed by atoms with Gasteiger partial charge in [0.2, 0.25) is 0 Å². The smallest absolute Gasteiger partial charge is 0.0775 e. The molecule has 2 atom stereocenters. The Hall–Kier alpha value is -0.870. The Morgan fingerprint density at radius 1 is 1.42 bits per heavy atom. The minimum absolute atomic E-state index is 0.113. The fraction of sp³-hybridized carbons (Fsp3) is 0.800. The van der Waals surface area contributed by atoms with Crippen molar-refractivity contribution in [3.05, 3.63) is 18.0 Å². The first-order valence-electron chi connectivity index (χ1n) is 7.12. The van der Waals surface area contributed by atoms with E-state index >= 15 is 0 Å². The van der Waals surface area contributed by atoms with E-state index < -0.39 is 0 Å². The van der Waals surface area contributed by atoms with Crippen LogP contribution >= 0.6 is 0 Å². The highest BCUT2D eigenvalue weighted by molar-refractivity contribution is 5.08. The van der Waals surface area contributed by atoms with Gasteiger partial charge in [-0.25, -0.2) is 0 Å². The Bertz CT molecular complexity index is 368. The minimum atomic E-state index is 0.113. The number of aryl methyl sites for hydroxylation is 1. The summed E-state index contributed by atoms with van der Waals surface area (Å²) in [5, 5.41) is 7.87. The van der Waals surface area contributed by atoms with Crippen molar-refractivity contribution in [2.24, 2.45) is 12.5 Å². The summed E-state index contributed by atoms with van der Waals surface area (Å²) in [6.45, 7) is 9.88. The number of methoxy groups -OCH3 is 1. The lowest BCUT2D eigenvalue weighted by Crippen LogP contribution is -2.49. The Morgan fingerprint density at radius 2 is 2.11 bits per heavy atom. The van der Waals surface area contributed by atoms with Gasteiger partial charge in [-0.15, -0.1) is 0 Å². The van der Waals surface area contributed by atoms with Crippen molar-refractivity contribution in [2.75, 3.05) is 13.7 Å². The molecule has 0 aliphatic rings. The van der Waals surface area contributed by atoms with Crippen molar-refractivity contribution in [3.8, 4) is 0 Å². The second kappa shape index (κ2) is 7.06. The molecule has 0 aromatic carbocycles. The van der Waals surface area contributed by atoms with E-state index in [2.05, 4.69) is 44.3 Å². The summed E-state index contributed by atoms with van der Waals surface area (Å²) >= 11 is 0. The molecule has 0 aliphatic heterocycles. The fourth-order valence-corrected chi connectivity index (χ4v) is 2.57. The third-order valence-electron chi connectivity index (χ3n) is 3.34. The van der Waals surface area contributed by atoms with Crippen LogP contribution in [0.25, 0.3) is 0 Å². The van der Waals surface area contributed by atoms with Crippen LogP contribution in [0.2, 0.25) is 0 Å². The molecular weight excluding hydrogens is 238 g/mol. The van der Waals surface area contributed by atoms with Gasteiger partial charge in [-0.1, -0.05) is 27.7 Å². The highest BCUT2D eigenvalue weighted by Crippen LogP contribution is 2.26. The SMILES string of the molecule is CCCNC(Cc1cnn(C)c1)C(OC)C(C)(C)C. The topological polar surface area (TPSA) is 39.1 Å². The Kier molecular flexibility index (Phi) is 6.01. The van der Waals surface area contributed by atoms with Gasteiger partial charge in [-0.2, -0.15) is 5.10 Å². The largest absolute Gasteiger partial charge is 0.379 e. The van der Waals surface area contributed by atoms with Crippen LogP contribution < -0.4 is 5.32 Å². The van der Waals surface area contributed by atoms with Gasteiger partial charge in [0.1, 0.15) is 0 Å². The van der Waals surface area contributed by atoms with Gasteiger partial charge < -0.3 is 10.1 Å². The van der Waals surface area contributed by atoms with Gasteiger partial charge >= 0.3 is 0 Å². The molecule has 110 valence electrons. The maximum atomic E-state index is 5.76. The van der Waals surface area contributed by atoms with E-state index in [9.17, 15) is 0 Å². The molecule has 4 heteroatoms. The maximum Gasteiger partial charge on any atom is 0.0775 e. The average Bonchev–Trinajstić information content (AvgIpc) is 2.70. The number of nitrogens with one attached hydrogen (secondary N) is 1. The Morgan fingerprint density at radius 3 is 2.53 bits per heavy atom. The standard InChI is InChI=1S/C15H29N3O/c1-7-8-16-13(14(19-6)15(2,3)4)9-12-10-17-18(5)11-12/h10-11,13-14,16H,7-9H2,1-6H3. The Balaban J connectivity index is 2.80. The van der Waals surface area contributed by atoms with Gasteiger partial charge in [-0.3, -0.25) is 4.68 Å². The quantitative estimate of drug-likeness (QED) is 0.824. The molecule has 1 aromatic rings. The van der Waals surface area contributed by atoms with Crippen molar-refractivity contribution >= 4 is 0 Å².